The molecule has 0 radical (unpaired) electrons. The summed E-state index contributed by atoms with van der Waals surface area (Å²) in [6.45, 7) is 5.97. The SMILES string of the molecule is CCNC(=NCCNC(=O)c1ccccc1Cl)N1CC2C3CCC(O3)C2C1.I. The van der Waals surface area contributed by atoms with Crippen molar-refractivity contribution < 1.29 is 9.53 Å². The first-order valence-electron chi connectivity index (χ1n) is 9.88. The number of benzene rings is 1. The first-order chi connectivity index (χ1) is 13.2. The largest absolute Gasteiger partial charge is 0.374 e. The van der Waals surface area contributed by atoms with Crippen LogP contribution in [0.4, 0.5) is 0 Å². The van der Waals surface area contributed by atoms with E-state index in [-0.39, 0.29) is 29.9 Å². The fourth-order valence-electron chi connectivity index (χ4n) is 4.63. The Morgan fingerprint density at radius 1 is 1.21 bits per heavy atom. The van der Waals surface area contributed by atoms with Crippen LogP contribution in [0, 0.1) is 11.8 Å². The van der Waals surface area contributed by atoms with Crippen LogP contribution in [0.2, 0.25) is 5.02 Å². The standard InChI is InChI=1S/C20H27ClN4O2.HI/c1-2-22-20(25-11-14-15(12-25)18-8-7-17(14)27-18)24-10-9-23-19(26)13-5-3-4-6-16(13)21;/h3-6,14-15,17-18H,2,7-12H2,1H3,(H,22,24)(H,23,26);1H. The normalized spacial score (nSPS) is 28.1. The zero-order valence-electron chi connectivity index (χ0n) is 16.1. The van der Waals surface area contributed by atoms with Crippen LogP contribution in [0.15, 0.2) is 29.3 Å². The lowest BCUT2D eigenvalue weighted by molar-refractivity contribution is 0.0767. The van der Waals surface area contributed by atoms with Crippen LogP contribution in [0.5, 0.6) is 0 Å². The number of likely N-dealkylation sites (tertiary alicyclic amines) is 1. The van der Waals surface area contributed by atoms with Gasteiger partial charge in [0.05, 0.1) is 29.3 Å². The van der Waals surface area contributed by atoms with Crippen molar-refractivity contribution in [1.29, 1.82) is 0 Å². The first-order valence-corrected chi connectivity index (χ1v) is 10.3. The Morgan fingerprint density at radius 2 is 1.89 bits per heavy atom. The Kier molecular flexibility index (Phi) is 7.44. The molecule has 0 aliphatic carbocycles. The number of amides is 1. The van der Waals surface area contributed by atoms with Crippen LogP contribution in [0.1, 0.15) is 30.1 Å². The average Bonchev–Trinajstić information content (AvgIpc) is 3.37. The molecule has 0 spiro atoms. The molecule has 3 saturated heterocycles. The highest BCUT2D eigenvalue weighted by atomic mass is 127. The summed E-state index contributed by atoms with van der Waals surface area (Å²) >= 11 is 6.07. The summed E-state index contributed by atoms with van der Waals surface area (Å²) in [5.74, 6) is 2.07. The maximum atomic E-state index is 12.2. The second-order valence-corrected chi connectivity index (χ2v) is 7.90. The molecule has 4 atom stereocenters. The minimum atomic E-state index is -0.162. The lowest BCUT2D eigenvalue weighted by Crippen LogP contribution is -2.41. The number of hydrogen-bond acceptors (Lipinski definition) is 3. The highest BCUT2D eigenvalue weighted by Gasteiger charge is 2.53. The molecule has 1 aromatic rings. The van der Waals surface area contributed by atoms with Crippen molar-refractivity contribution in [2.45, 2.75) is 32.0 Å². The number of fused-ring (bicyclic) bond motifs is 5. The molecule has 8 heteroatoms. The van der Waals surface area contributed by atoms with Gasteiger partial charge in [-0.2, -0.15) is 0 Å². The van der Waals surface area contributed by atoms with E-state index in [9.17, 15) is 4.79 Å². The molecule has 3 aliphatic heterocycles. The van der Waals surface area contributed by atoms with Gasteiger partial charge in [0.1, 0.15) is 0 Å². The molecular formula is C20H28ClIN4O2. The second-order valence-electron chi connectivity index (χ2n) is 7.49. The Morgan fingerprint density at radius 3 is 2.54 bits per heavy atom. The van der Waals surface area contributed by atoms with Gasteiger partial charge in [0.15, 0.2) is 5.96 Å². The van der Waals surface area contributed by atoms with E-state index >= 15 is 0 Å². The van der Waals surface area contributed by atoms with Crippen molar-refractivity contribution >= 4 is 47.4 Å². The Labute approximate surface area is 188 Å². The summed E-state index contributed by atoms with van der Waals surface area (Å²) in [4.78, 5) is 19.3. The van der Waals surface area contributed by atoms with E-state index in [1.807, 2.05) is 12.1 Å². The monoisotopic (exact) mass is 518 g/mol. The zero-order chi connectivity index (χ0) is 18.8. The van der Waals surface area contributed by atoms with E-state index < -0.39 is 0 Å². The smallest absolute Gasteiger partial charge is 0.252 e. The minimum Gasteiger partial charge on any atom is -0.374 e. The molecule has 1 aromatic carbocycles. The van der Waals surface area contributed by atoms with E-state index in [4.69, 9.17) is 21.3 Å². The number of nitrogens with zero attached hydrogens (tertiary/aromatic N) is 2. The maximum Gasteiger partial charge on any atom is 0.252 e. The summed E-state index contributed by atoms with van der Waals surface area (Å²) in [6.07, 6.45) is 3.31. The van der Waals surface area contributed by atoms with E-state index in [1.54, 1.807) is 12.1 Å². The summed E-state index contributed by atoms with van der Waals surface area (Å²) in [5, 5.41) is 6.75. The Hall–Kier alpha value is -1.06. The van der Waals surface area contributed by atoms with Crippen LogP contribution >= 0.6 is 35.6 Å². The van der Waals surface area contributed by atoms with Gasteiger partial charge in [0, 0.05) is 38.0 Å². The molecule has 3 fully saturated rings. The van der Waals surface area contributed by atoms with Crippen molar-refractivity contribution in [1.82, 2.24) is 15.5 Å². The van der Waals surface area contributed by atoms with Gasteiger partial charge in [-0.05, 0) is 31.9 Å². The quantitative estimate of drug-likeness (QED) is 0.272. The molecule has 1 amide bonds. The third-order valence-electron chi connectivity index (χ3n) is 5.86. The van der Waals surface area contributed by atoms with Crippen molar-refractivity contribution in [3.05, 3.63) is 34.9 Å². The Balaban J connectivity index is 0.00000225. The number of guanidine groups is 1. The Bertz CT molecular complexity index is 714. The van der Waals surface area contributed by atoms with Gasteiger partial charge >= 0.3 is 0 Å². The van der Waals surface area contributed by atoms with E-state index in [0.717, 1.165) is 25.6 Å². The van der Waals surface area contributed by atoms with Crippen LogP contribution in [0.25, 0.3) is 0 Å². The van der Waals surface area contributed by atoms with Gasteiger partial charge in [0.2, 0.25) is 0 Å². The molecule has 2 N–H and O–H groups in total. The fraction of sp³-hybridized carbons (Fsp3) is 0.600. The second kappa shape index (κ2) is 9.63. The molecule has 6 nitrogen and oxygen atoms in total. The summed E-state index contributed by atoms with van der Waals surface area (Å²) in [7, 11) is 0. The molecule has 3 heterocycles. The maximum absolute atomic E-state index is 12.2. The van der Waals surface area contributed by atoms with E-state index in [0.29, 0.717) is 47.7 Å². The molecule has 0 aromatic heterocycles. The molecule has 0 saturated carbocycles. The van der Waals surface area contributed by atoms with Gasteiger partial charge in [-0.25, -0.2) is 0 Å². The number of carbonyl (C=O) groups is 1. The molecule has 154 valence electrons. The minimum absolute atomic E-state index is 0. The number of carbonyl (C=O) groups excluding carboxylic acids is 1. The topological polar surface area (TPSA) is 66.0 Å². The van der Waals surface area contributed by atoms with Crippen LogP contribution in [-0.2, 0) is 4.74 Å². The zero-order valence-corrected chi connectivity index (χ0v) is 19.2. The third kappa shape index (κ3) is 4.41. The first kappa shape index (κ1) is 21.6. The third-order valence-corrected chi connectivity index (χ3v) is 6.19. The lowest BCUT2D eigenvalue weighted by atomic mass is 9.82. The highest BCUT2D eigenvalue weighted by molar-refractivity contribution is 14.0. The summed E-state index contributed by atoms with van der Waals surface area (Å²) < 4.78 is 6.06. The van der Waals surface area contributed by atoms with Crippen LogP contribution in [0.3, 0.4) is 0 Å². The number of halogens is 2. The molecule has 28 heavy (non-hydrogen) atoms. The molecular weight excluding hydrogens is 491 g/mol. The summed E-state index contributed by atoms with van der Waals surface area (Å²) in [6, 6.07) is 7.07. The average molecular weight is 519 g/mol. The molecule has 4 rings (SSSR count). The predicted molar refractivity (Wildman–Crippen MR) is 122 cm³/mol. The summed E-state index contributed by atoms with van der Waals surface area (Å²) in [5.41, 5.74) is 0.498. The number of ether oxygens (including phenoxy) is 1. The number of nitrogens with one attached hydrogen (secondary N) is 2. The number of rotatable bonds is 5. The number of aliphatic imine (C=N–C) groups is 1. The fourth-order valence-corrected chi connectivity index (χ4v) is 4.85. The van der Waals surface area contributed by atoms with Gasteiger partial charge in [0.25, 0.3) is 5.91 Å². The van der Waals surface area contributed by atoms with Crippen LogP contribution in [-0.4, -0.2) is 61.7 Å². The van der Waals surface area contributed by atoms with Gasteiger partial charge < -0.3 is 20.3 Å². The predicted octanol–water partition coefficient (Wildman–Crippen LogP) is 2.76. The molecule has 3 aliphatic rings. The van der Waals surface area contributed by atoms with Gasteiger partial charge in [-0.15, -0.1) is 24.0 Å². The van der Waals surface area contributed by atoms with Gasteiger partial charge in [-0.3, -0.25) is 9.79 Å². The van der Waals surface area contributed by atoms with Crippen molar-refractivity contribution in [3.8, 4) is 0 Å². The molecule has 4 unspecified atom stereocenters. The highest BCUT2D eigenvalue weighted by Crippen LogP contribution is 2.47. The lowest BCUT2D eigenvalue weighted by Gasteiger charge is -2.23. The van der Waals surface area contributed by atoms with Crippen molar-refractivity contribution in [2.75, 3.05) is 32.7 Å². The van der Waals surface area contributed by atoms with E-state index in [2.05, 4.69) is 22.5 Å². The van der Waals surface area contributed by atoms with Crippen LogP contribution < -0.4 is 10.6 Å². The van der Waals surface area contributed by atoms with Gasteiger partial charge in [-0.1, -0.05) is 23.7 Å². The van der Waals surface area contributed by atoms with Crippen molar-refractivity contribution in [2.24, 2.45) is 16.8 Å². The van der Waals surface area contributed by atoms with E-state index in [1.165, 1.54) is 12.8 Å². The van der Waals surface area contributed by atoms with Crippen molar-refractivity contribution in [3.63, 3.8) is 0 Å². The molecule has 2 bridgehead atoms. The number of hydrogen-bond donors (Lipinski definition) is 2.